The fraction of sp³-hybridized carbons (Fsp3) is 0.450. The first-order valence-corrected chi connectivity index (χ1v) is 9.65. The van der Waals surface area contributed by atoms with E-state index in [2.05, 4.69) is 35.3 Å². The molecule has 0 aliphatic carbocycles. The molecule has 2 aromatic rings. The summed E-state index contributed by atoms with van der Waals surface area (Å²) in [7, 11) is 5.76. The number of para-hydroxylation sites is 1. The molecule has 6 heteroatoms. The maximum atomic E-state index is 11.8. The number of carboxylic acid groups (broad SMARTS) is 1. The van der Waals surface area contributed by atoms with Crippen LogP contribution in [0.2, 0.25) is 0 Å². The summed E-state index contributed by atoms with van der Waals surface area (Å²) in [4.78, 5) is 17.5. The van der Waals surface area contributed by atoms with Gasteiger partial charge in [-0.1, -0.05) is 18.2 Å². The van der Waals surface area contributed by atoms with E-state index in [0.717, 1.165) is 30.9 Å². The smallest absolute Gasteiger partial charge is 0.308 e. The molecule has 1 aromatic carbocycles. The van der Waals surface area contributed by atoms with E-state index in [1.807, 2.05) is 24.3 Å². The Morgan fingerprint density at radius 3 is 2.81 bits per heavy atom. The Hall–Kier alpha value is -1.89. The molecular weight excluding hydrogens is 348 g/mol. The van der Waals surface area contributed by atoms with Crippen molar-refractivity contribution in [3.05, 3.63) is 51.7 Å². The summed E-state index contributed by atoms with van der Waals surface area (Å²) in [5, 5.41) is 11.9. The molecule has 1 aromatic heterocycles. The molecule has 2 atom stereocenters. The number of methoxy groups -OCH3 is 1. The van der Waals surface area contributed by atoms with Crippen LogP contribution in [0.25, 0.3) is 0 Å². The second kappa shape index (κ2) is 8.20. The van der Waals surface area contributed by atoms with Crippen molar-refractivity contribution in [2.75, 3.05) is 34.3 Å². The van der Waals surface area contributed by atoms with Crippen LogP contribution in [0, 0.1) is 5.92 Å². The number of hydrogen-bond donors (Lipinski definition) is 1. The predicted molar refractivity (Wildman–Crippen MR) is 104 cm³/mol. The van der Waals surface area contributed by atoms with Crippen LogP contribution in [-0.2, 0) is 17.9 Å². The third-order valence-electron chi connectivity index (χ3n) is 4.84. The van der Waals surface area contributed by atoms with Gasteiger partial charge in [-0.15, -0.1) is 11.3 Å². The molecule has 1 fully saturated rings. The molecule has 3 rings (SSSR count). The lowest BCUT2D eigenvalue weighted by atomic mass is 9.88. The minimum Gasteiger partial charge on any atom is -0.496 e. The summed E-state index contributed by atoms with van der Waals surface area (Å²) >= 11 is 1.75. The highest BCUT2D eigenvalue weighted by molar-refractivity contribution is 7.10. The lowest BCUT2D eigenvalue weighted by Crippen LogP contribution is -2.23. The van der Waals surface area contributed by atoms with Crippen LogP contribution in [0.3, 0.4) is 0 Å². The zero-order valence-corrected chi connectivity index (χ0v) is 16.3. The molecule has 0 spiro atoms. The molecule has 0 amide bonds. The van der Waals surface area contributed by atoms with Crippen molar-refractivity contribution < 1.29 is 14.6 Å². The number of ether oxygens (including phenoxy) is 1. The van der Waals surface area contributed by atoms with Gasteiger partial charge in [-0.2, -0.15) is 0 Å². The first kappa shape index (κ1) is 18.9. The predicted octanol–water partition coefficient (Wildman–Crippen LogP) is 3.12. The summed E-state index contributed by atoms with van der Waals surface area (Å²) in [6, 6.07) is 10.00. The van der Waals surface area contributed by atoms with E-state index < -0.39 is 11.9 Å². The summed E-state index contributed by atoms with van der Waals surface area (Å²) in [6.07, 6.45) is 0. The first-order chi connectivity index (χ1) is 12.5. The van der Waals surface area contributed by atoms with E-state index in [1.165, 1.54) is 10.4 Å². The number of carboxylic acids is 1. The summed E-state index contributed by atoms with van der Waals surface area (Å²) < 4.78 is 5.47. The van der Waals surface area contributed by atoms with Gasteiger partial charge in [0.15, 0.2) is 0 Å². The van der Waals surface area contributed by atoms with Crippen molar-refractivity contribution in [2.45, 2.75) is 19.0 Å². The lowest BCUT2D eigenvalue weighted by molar-refractivity contribution is -0.141. The van der Waals surface area contributed by atoms with Gasteiger partial charge in [0.2, 0.25) is 0 Å². The van der Waals surface area contributed by atoms with Crippen LogP contribution >= 0.6 is 11.3 Å². The molecule has 26 heavy (non-hydrogen) atoms. The second-order valence-corrected chi connectivity index (χ2v) is 8.14. The minimum absolute atomic E-state index is 0.0511. The molecule has 140 valence electrons. The van der Waals surface area contributed by atoms with Crippen molar-refractivity contribution >= 4 is 17.3 Å². The average molecular weight is 375 g/mol. The van der Waals surface area contributed by atoms with E-state index in [9.17, 15) is 9.90 Å². The molecule has 1 aliphatic rings. The molecule has 1 N–H and O–H groups in total. The molecule has 0 unspecified atom stereocenters. The monoisotopic (exact) mass is 374 g/mol. The van der Waals surface area contributed by atoms with Crippen LogP contribution < -0.4 is 4.74 Å². The molecule has 2 heterocycles. The molecule has 5 nitrogen and oxygen atoms in total. The van der Waals surface area contributed by atoms with Crippen LogP contribution in [0.4, 0.5) is 0 Å². The fourth-order valence-electron chi connectivity index (χ4n) is 3.73. The first-order valence-electron chi connectivity index (χ1n) is 8.77. The quantitative estimate of drug-likeness (QED) is 0.807. The van der Waals surface area contributed by atoms with Gasteiger partial charge >= 0.3 is 5.97 Å². The molecule has 0 bridgehead atoms. The van der Waals surface area contributed by atoms with Gasteiger partial charge in [0.05, 0.1) is 13.0 Å². The van der Waals surface area contributed by atoms with Crippen LogP contribution in [-0.4, -0.2) is 55.2 Å². The fourth-order valence-corrected chi connectivity index (χ4v) is 4.65. The highest BCUT2D eigenvalue weighted by Crippen LogP contribution is 2.38. The Balaban J connectivity index is 1.75. The van der Waals surface area contributed by atoms with E-state index in [4.69, 9.17) is 4.74 Å². The van der Waals surface area contributed by atoms with Gasteiger partial charge in [-0.3, -0.25) is 9.69 Å². The van der Waals surface area contributed by atoms with Crippen molar-refractivity contribution in [3.63, 3.8) is 0 Å². The molecule has 0 saturated carbocycles. The number of carbonyl (C=O) groups is 1. The number of thiophene rings is 1. The summed E-state index contributed by atoms with van der Waals surface area (Å²) in [5.74, 6) is -0.421. The highest BCUT2D eigenvalue weighted by Gasteiger charge is 2.39. The Morgan fingerprint density at radius 2 is 2.12 bits per heavy atom. The maximum absolute atomic E-state index is 11.8. The zero-order valence-electron chi connectivity index (χ0n) is 15.5. The van der Waals surface area contributed by atoms with Gasteiger partial charge < -0.3 is 14.7 Å². The number of aliphatic carboxylic acids is 1. The number of nitrogens with zero attached hydrogens (tertiary/aromatic N) is 2. The topological polar surface area (TPSA) is 53.0 Å². The highest BCUT2D eigenvalue weighted by atomic mass is 32.1. The van der Waals surface area contributed by atoms with Crippen molar-refractivity contribution in [1.82, 2.24) is 9.80 Å². The summed E-state index contributed by atoms with van der Waals surface area (Å²) in [5.41, 5.74) is 2.30. The summed E-state index contributed by atoms with van der Waals surface area (Å²) in [6.45, 7) is 3.03. The SMILES string of the molecule is COc1ccccc1[C@H]1CN(Cc2cc(CN(C)C)cs2)C[C@@H]1C(=O)O. The van der Waals surface area contributed by atoms with E-state index in [-0.39, 0.29) is 5.92 Å². The second-order valence-electron chi connectivity index (χ2n) is 7.15. The largest absolute Gasteiger partial charge is 0.496 e. The van der Waals surface area contributed by atoms with Gasteiger partial charge in [0, 0.05) is 37.0 Å². The van der Waals surface area contributed by atoms with Crippen LogP contribution in [0.15, 0.2) is 35.7 Å². The number of rotatable bonds is 7. The Bertz CT molecular complexity index is 759. The van der Waals surface area contributed by atoms with E-state index in [0.29, 0.717) is 6.54 Å². The molecular formula is C20H26N2O3S. The van der Waals surface area contributed by atoms with E-state index >= 15 is 0 Å². The standard InChI is InChI=1S/C20H26N2O3S/c1-21(2)9-14-8-15(26-13-14)10-22-11-17(18(12-22)20(23)24)16-6-4-5-7-19(16)25-3/h4-8,13,17-18H,9-12H2,1-3H3,(H,23,24)/t17-,18+/m1/s1. The Kier molecular flexibility index (Phi) is 5.96. The lowest BCUT2D eigenvalue weighted by Gasteiger charge is -2.18. The average Bonchev–Trinajstić information content (AvgIpc) is 3.21. The zero-order chi connectivity index (χ0) is 18.7. The van der Waals surface area contributed by atoms with Crippen molar-refractivity contribution in [2.24, 2.45) is 5.92 Å². The molecule has 0 radical (unpaired) electrons. The van der Waals surface area contributed by atoms with Crippen LogP contribution in [0.5, 0.6) is 5.75 Å². The normalized spacial score (nSPS) is 20.6. The molecule has 1 saturated heterocycles. The van der Waals surface area contributed by atoms with Gasteiger partial charge in [-0.05, 0) is 42.7 Å². The van der Waals surface area contributed by atoms with Crippen molar-refractivity contribution in [1.29, 1.82) is 0 Å². The van der Waals surface area contributed by atoms with Crippen molar-refractivity contribution in [3.8, 4) is 5.75 Å². The molecule has 1 aliphatic heterocycles. The number of benzene rings is 1. The van der Waals surface area contributed by atoms with E-state index in [1.54, 1.807) is 18.4 Å². The number of likely N-dealkylation sites (tertiary alicyclic amines) is 1. The third kappa shape index (κ3) is 4.26. The van der Waals surface area contributed by atoms with Gasteiger partial charge in [0.25, 0.3) is 0 Å². The van der Waals surface area contributed by atoms with Gasteiger partial charge in [0.1, 0.15) is 5.75 Å². The Morgan fingerprint density at radius 1 is 1.35 bits per heavy atom. The minimum atomic E-state index is -0.733. The number of hydrogen-bond acceptors (Lipinski definition) is 5. The Labute approximate surface area is 158 Å². The third-order valence-corrected chi connectivity index (χ3v) is 5.81. The maximum Gasteiger partial charge on any atom is 0.308 e. The van der Waals surface area contributed by atoms with Gasteiger partial charge in [-0.25, -0.2) is 0 Å². The van der Waals surface area contributed by atoms with Crippen LogP contribution in [0.1, 0.15) is 21.9 Å².